The molecule has 5 atom stereocenters. The highest BCUT2D eigenvalue weighted by Gasteiger charge is 2.78. The van der Waals surface area contributed by atoms with Crippen molar-refractivity contribution < 1.29 is 24.2 Å². The van der Waals surface area contributed by atoms with E-state index in [9.17, 15) is 19.5 Å². The Morgan fingerprint density at radius 3 is 2.35 bits per heavy atom. The molecule has 0 saturated carbocycles. The van der Waals surface area contributed by atoms with Crippen molar-refractivity contribution in [2.75, 3.05) is 36.0 Å². The number of hydrogen-bond acceptors (Lipinski definition) is 5. The fourth-order valence-corrected chi connectivity index (χ4v) is 7.61. The standard InChI is InChI=1S/C34H40ClN3O5/c1-4-20-36(24-14-8-6-9-15-24)30(40)27-28-31(41)38(22-12-7-13-23-39)29(34(28)19-18-33(27,3)43-34)32(42)37(21-5-2)26-17-11-10-16-25(26)35/h4-6,8-11,14-17,27-29,39H,1-2,7,12-13,18-23H2,3H3/t27-,28+,29?,33+,34?/m1/s1. The van der Waals surface area contributed by atoms with Gasteiger partial charge in [0.15, 0.2) is 0 Å². The van der Waals surface area contributed by atoms with Crippen molar-refractivity contribution in [2.45, 2.75) is 56.3 Å². The second-order valence-electron chi connectivity index (χ2n) is 11.8. The van der Waals surface area contributed by atoms with Gasteiger partial charge in [0.05, 0.1) is 28.1 Å². The summed E-state index contributed by atoms with van der Waals surface area (Å²) in [4.78, 5) is 48.5. The second kappa shape index (κ2) is 12.6. The number of ether oxygens (including phenoxy) is 1. The van der Waals surface area contributed by atoms with Crippen molar-refractivity contribution in [1.82, 2.24) is 4.90 Å². The predicted molar refractivity (Wildman–Crippen MR) is 168 cm³/mol. The lowest BCUT2D eigenvalue weighted by Crippen LogP contribution is -2.56. The van der Waals surface area contributed by atoms with Crippen LogP contribution in [0.15, 0.2) is 79.9 Å². The highest BCUT2D eigenvalue weighted by atomic mass is 35.5. The van der Waals surface area contributed by atoms with E-state index < -0.39 is 29.1 Å². The van der Waals surface area contributed by atoms with Crippen molar-refractivity contribution in [1.29, 1.82) is 0 Å². The SMILES string of the molecule is C=CCN(C(=O)[C@H]1[C@H]2C(=O)N(CCCCCO)C(C(=O)N(CC=C)c3ccccc3Cl)C23CC[C@]1(C)O3)c1ccccc1. The number of carbonyl (C=O) groups excluding carboxylic acids is 3. The Morgan fingerprint density at radius 2 is 1.67 bits per heavy atom. The van der Waals surface area contributed by atoms with Crippen molar-refractivity contribution >= 4 is 40.7 Å². The Hall–Kier alpha value is -3.46. The first-order valence-electron chi connectivity index (χ1n) is 15.0. The predicted octanol–water partition coefficient (Wildman–Crippen LogP) is 5.01. The first-order valence-corrected chi connectivity index (χ1v) is 15.4. The van der Waals surface area contributed by atoms with E-state index in [0.29, 0.717) is 55.0 Å². The first kappa shape index (κ1) is 31.0. The average Bonchev–Trinajstić information content (AvgIpc) is 3.57. The number of aliphatic hydroxyl groups is 1. The van der Waals surface area contributed by atoms with E-state index in [-0.39, 0.29) is 37.4 Å². The molecule has 3 saturated heterocycles. The molecule has 5 rings (SSSR count). The summed E-state index contributed by atoms with van der Waals surface area (Å²) in [6.45, 7) is 10.5. The Balaban J connectivity index is 1.58. The molecule has 8 nitrogen and oxygen atoms in total. The van der Waals surface area contributed by atoms with Gasteiger partial charge >= 0.3 is 0 Å². The summed E-state index contributed by atoms with van der Waals surface area (Å²) in [5.74, 6) is -2.36. The second-order valence-corrected chi connectivity index (χ2v) is 12.2. The topological polar surface area (TPSA) is 90.4 Å². The zero-order chi connectivity index (χ0) is 30.8. The van der Waals surface area contributed by atoms with Gasteiger partial charge in [-0.2, -0.15) is 0 Å². The van der Waals surface area contributed by atoms with Gasteiger partial charge in [0.25, 0.3) is 5.91 Å². The molecule has 0 aromatic heterocycles. The van der Waals surface area contributed by atoms with Crippen LogP contribution in [-0.2, 0) is 19.1 Å². The number of halogens is 1. The van der Waals surface area contributed by atoms with Gasteiger partial charge in [0, 0.05) is 31.9 Å². The molecule has 43 heavy (non-hydrogen) atoms. The van der Waals surface area contributed by atoms with E-state index in [4.69, 9.17) is 16.3 Å². The normalized spacial score (nSPS) is 27.2. The number of carbonyl (C=O) groups is 3. The number of anilines is 2. The molecule has 3 aliphatic heterocycles. The van der Waals surface area contributed by atoms with Crippen molar-refractivity contribution in [3.05, 3.63) is 84.9 Å². The minimum absolute atomic E-state index is 0.0547. The molecule has 0 aliphatic carbocycles. The summed E-state index contributed by atoms with van der Waals surface area (Å²) in [6, 6.07) is 15.5. The minimum atomic E-state index is -1.17. The molecular formula is C34H40ClN3O5. The van der Waals surface area contributed by atoms with E-state index in [2.05, 4.69) is 13.2 Å². The van der Waals surface area contributed by atoms with Gasteiger partial charge in [0.2, 0.25) is 11.8 Å². The Morgan fingerprint density at radius 1 is 1.00 bits per heavy atom. The molecule has 9 heteroatoms. The number of benzene rings is 2. The van der Waals surface area contributed by atoms with Crippen LogP contribution in [0.4, 0.5) is 11.4 Å². The van der Waals surface area contributed by atoms with E-state index in [1.165, 1.54) is 0 Å². The lowest BCUT2D eigenvalue weighted by atomic mass is 9.66. The van der Waals surface area contributed by atoms with Gasteiger partial charge in [-0.05, 0) is 63.3 Å². The summed E-state index contributed by atoms with van der Waals surface area (Å²) < 4.78 is 6.84. The van der Waals surface area contributed by atoms with Crippen molar-refractivity contribution in [3.8, 4) is 0 Å². The van der Waals surface area contributed by atoms with E-state index in [0.717, 1.165) is 0 Å². The Kier molecular flexibility index (Phi) is 9.11. The van der Waals surface area contributed by atoms with Crippen LogP contribution >= 0.6 is 11.6 Å². The minimum Gasteiger partial charge on any atom is -0.396 e. The molecule has 2 aromatic rings. The monoisotopic (exact) mass is 605 g/mol. The quantitative estimate of drug-likeness (QED) is 0.256. The number of likely N-dealkylation sites (tertiary alicyclic amines) is 1. The van der Waals surface area contributed by atoms with Gasteiger partial charge in [0.1, 0.15) is 11.6 Å². The van der Waals surface area contributed by atoms with Crippen LogP contribution in [0.25, 0.3) is 0 Å². The summed E-state index contributed by atoms with van der Waals surface area (Å²) in [6.07, 6.45) is 6.22. The van der Waals surface area contributed by atoms with Crippen LogP contribution in [0.2, 0.25) is 5.02 Å². The Bertz CT molecular complexity index is 1390. The smallest absolute Gasteiger partial charge is 0.253 e. The van der Waals surface area contributed by atoms with Gasteiger partial charge in [-0.3, -0.25) is 14.4 Å². The molecule has 2 aromatic carbocycles. The summed E-state index contributed by atoms with van der Waals surface area (Å²) in [5.41, 5.74) is -0.852. The number of fused-ring (bicyclic) bond motifs is 1. The van der Waals surface area contributed by atoms with E-state index in [1.807, 2.05) is 43.3 Å². The number of aliphatic hydroxyl groups excluding tert-OH is 1. The highest BCUT2D eigenvalue weighted by Crippen LogP contribution is 2.63. The number of hydrogen-bond donors (Lipinski definition) is 1. The van der Waals surface area contributed by atoms with Gasteiger partial charge in [-0.1, -0.05) is 54.1 Å². The number of unbranched alkanes of at least 4 members (excludes halogenated alkanes) is 2. The van der Waals surface area contributed by atoms with E-state index >= 15 is 0 Å². The lowest BCUT2D eigenvalue weighted by Gasteiger charge is -2.37. The van der Waals surface area contributed by atoms with Crippen LogP contribution < -0.4 is 9.80 Å². The Labute approximate surface area is 258 Å². The summed E-state index contributed by atoms with van der Waals surface area (Å²) in [7, 11) is 0. The number of nitrogens with zero attached hydrogens (tertiary/aromatic N) is 3. The van der Waals surface area contributed by atoms with Gasteiger partial charge < -0.3 is 24.5 Å². The van der Waals surface area contributed by atoms with Crippen LogP contribution in [0, 0.1) is 11.8 Å². The fraction of sp³-hybridized carbons (Fsp3) is 0.441. The molecule has 0 radical (unpaired) electrons. The zero-order valence-electron chi connectivity index (χ0n) is 24.7. The van der Waals surface area contributed by atoms with Crippen LogP contribution in [-0.4, -0.2) is 71.2 Å². The molecule has 3 fully saturated rings. The van der Waals surface area contributed by atoms with Crippen LogP contribution in [0.3, 0.4) is 0 Å². The molecule has 3 aliphatic rings. The molecule has 2 bridgehead atoms. The molecule has 3 amide bonds. The zero-order valence-corrected chi connectivity index (χ0v) is 25.4. The lowest BCUT2D eigenvalue weighted by molar-refractivity contribution is -0.144. The number of rotatable bonds is 13. The maximum Gasteiger partial charge on any atom is 0.253 e. The fourth-order valence-electron chi connectivity index (χ4n) is 7.37. The van der Waals surface area contributed by atoms with Crippen LogP contribution in [0.5, 0.6) is 0 Å². The third kappa shape index (κ3) is 5.30. The average molecular weight is 606 g/mol. The van der Waals surface area contributed by atoms with Crippen molar-refractivity contribution in [3.63, 3.8) is 0 Å². The van der Waals surface area contributed by atoms with Crippen molar-refractivity contribution in [2.24, 2.45) is 11.8 Å². The molecular weight excluding hydrogens is 566 g/mol. The van der Waals surface area contributed by atoms with Gasteiger partial charge in [-0.25, -0.2) is 0 Å². The summed E-state index contributed by atoms with van der Waals surface area (Å²) >= 11 is 6.56. The third-order valence-corrected chi connectivity index (χ3v) is 9.52. The molecule has 1 N–H and O–H groups in total. The largest absolute Gasteiger partial charge is 0.396 e. The number of para-hydroxylation sites is 2. The molecule has 2 unspecified atom stereocenters. The van der Waals surface area contributed by atoms with Gasteiger partial charge in [-0.15, -0.1) is 13.2 Å². The van der Waals surface area contributed by atoms with E-state index in [1.54, 1.807) is 45.1 Å². The molecule has 228 valence electrons. The van der Waals surface area contributed by atoms with Crippen LogP contribution in [0.1, 0.15) is 39.0 Å². The third-order valence-electron chi connectivity index (χ3n) is 9.20. The molecule has 1 spiro atoms. The maximum absolute atomic E-state index is 14.7. The summed E-state index contributed by atoms with van der Waals surface area (Å²) in [5, 5.41) is 9.74. The highest BCUT2D eigenvalue weighted by molar-refractivity contribution is 6.34. The number of amides is 3. The molecule has 3 heterocycles. The first-order chi connectivity index (χ1) is 20.7. The maximum atomic E-state index is 14.7.